The van der Waals surface area contributed by atoms with Crippen LogP contribution in [0.2, 0.25) is 0 Å². The van der Waals surface area contributed by atoms with E-state index in [9.17, 15) is 29.1 Å². The van der Waals surface area contributed by atoms with Gasteiger partial charge in [-0.3, -0.25) is 19.5 Å². The van der Waals surface area contributed by atoms with Crippen LogP contribution >= 0.6 is 58.4 Å². The van der Waals surface area contributed by atoms with Crippen LogP contribution in [0.15, 0.2) is 49.5 Å². The Morgan fingerprint density at radius 1 is 1.20 bits per heavy atom. The van der Waals surface area contributed by atoms with E-state index in [4.69, 9.17) is 4.99 Å². The number of aliphatic imine (C=N–C) groups is 1. The number of nitrogens with one attached hydrogen (secondary N) is 3. The molecular formula is C25H26N8O6S5. The summed E-state index contributed by atoms with van der Waals surface area (Å²) in [7, 11) is 0. The highest BCUT2D eigenvalue weighted by molar-refractivity contribution is 8.20. The molecule has 0 spiro atoms. The lowest BCUT2D eigenvalue weighted by molar-refractivity contribution is -0.150. The lowest BCUT2D eigenvalue weighted by atomic mass is 9.97. The van der Waals surface area contributed by atoms with E-state index in [0.717, 1.165) is 16.4 Å². The van der Waals surface area contributed by atoms with Gasteiger partial charge in [0.05, 0.1) is 17.8 Å². The zero-order valence-electron chi connectivity index (χ0n) is 22.9. The zero-order chi connectivity index (χ0) is 30.8. The van der Waals surface area contributed by atoms with Crippen molar-refractivity contribution >= 4 is 93.9 Å². The van der Waals surface area contributed by atoms with Gasteiger partial charge in [-0.05, 0) is 11.1 Å². The highest BCUT2D eigenvalue weighted by Crippen LogP contribution is 2.42. The number of carbonyl (C=O) groups is 5. The van der Waals surface area contributed by atoms with Gasteiger partial charge in [0.1, 0.15) is 27.3 Å². The fourth-order valence-electron chi connectivity index (χ4n) is 5.05. The summed E-state index contributed by atoms with van der Waals surface area (Å²) in [4.78, 5) is 70.9. The fraction of sp³-hybridized carbons (Fsp3) is 0.440. The van der Waals surface area contributed by atoms with E-state index in [1.807, 2.05) is 6.08 Å². The monoisotopic (exact) mass is 694 g/mol. The molecule has 3 fully saturated rings. The van der Waals surface area contributed by atoms with Crippen molar-refractivity contribution in [3.8, 4) is 0 Å². The summed E-state index contributed by atoms with van der Waals surface area (Å²) in [5.41, 5.74) is 3.62. The molecule has 0 radical (unpaired) electrons. The van der Waals surface area contributed by atoms with Gasteiger partial charge in [0.15, 0.2) is 4.34 Å². The molecule has 5 aliphatic rings. The lowest BCUT2D eigenvalue weighted by Gasteiger charge is -2.49. The van der Waals surface area contributed by atoms with Crippen LogP contribution in [0.5, 0.6) is 0 Å². The number of carbonyl (C=O) groups excluding carboxylic acids is 4. The van der Waals surface area contributed by atoms with E-state index >= 15 is 0 Å². The molecule has 3 saturated heterocycles. The number of fused-ring (bicyclic) bond motifs is 1. The topological polar surface area (TPSA) is 186 Å². The standard InChI is InChI=1S/C25H26N8O6S5/c34-15(29-17-19(35)33-18(21(36)37)13(9-42-20(17)33)10-43-25-31-27-11-44-25)8-12-2-1-3-14(28-24-40-6-7-41-24)16(12)30-23(39)32-5-4-26-22(32)38/h1-2,11,17,20,24H,3-10H2,(H,26,38)(H,29,34)(H,30,39)(H,36,37)/t17?,20-/m0/s1. The molecule has 1 unspecified atom stereocenters. The van der Waals surface area contributed by atoms with Crippen LogP contribution in [0.1, 0.15) is 12.8 Å². The third-order valence-electron chi connectivity index (χ3n) is 7.07. The summed E-state index contributed by atoms with van der Waals surface area (Å²) in [6, 6.07) is -2.00. The molecule has 232 valence electrons. The minimum absolute atomic E-state index is 0.0338. The second-order valence-corrected chi connectivity index (χ2v) is 15.7. The van der Waals surface area contributed by atoms with Gasteiger partial charge in [-0.1, -0.05) is 35.3 Å². The molecule has 14 nitrogen and oxygen atoms in total. The Hall–Kier alpha value is -3.00. The van der Waals surface area contributed by atoms with E-state index in [2.05, 4.69) is 26.1 Å². The van der Waals surface area contributed by atoms with Crippen LogP contribution in [0.3, 0.4) is 0 Å². The normalized spacial score (nSPS) is 24.5. The maximum absolute atomic E-state index is 13.3. The molecule has 2 atom stereocenters. The number of aromatic nitrogens is 2. The summed E-state index contributed by atoms with van der Waals surface area (Å²) >= 11 is 7.50. The first-order valence-electron chi connectivity index (χ1n) is 13.4. The van der Waals surface area contributed by atoms with Gasteiger partial charge in [0.2, 0.25) is 5.91 Å². The van der Waals surface area contributed by atoms with Crippen molar-refractivity contribution in [2.75, 3.05) is 36.1 Å². The van der Waals surface area contributed by atoms with Crippen molar-refractivity contribution in [2.24, 2.45) is 4.99 Å². The summed E-state index contributed by atoms with van der Waals surface area (Å²) in [5.74, 6) is 0.516. The number of carboxylic acid groups (broad SMARTS) is 1. The van der Waals surface area contributed by atoms with E-state index in [0.29, 0.717) is 51.4 Å². The van der Waals surface area contributed by atoms with Gasteiger partial charge in [-0.2, -0.15) is 0 Å². The van der Waals surface area contributed by atoms with Crippen LogP contribution in [-0.2, 0) is 14.4 Å². The molecule has 5 heterocycles. The van der Waals surface area contributed by atoms with Crippen LogP contribution in [-0.4, -0.2) is 113 Å². The molecule has 1 aromatic rings. The van der Waals surface area contributed by atoms with Gasteiger partial charge >= 0.3 is 18.0 Å². The quantitative estimate of drug-likeness (QED) is 0.218. The number of allylic oxidation sites excluding steroid dienone is 3. The first-order chi connectivity index (χ1) is 21.3. The first-order valence-corrected chi connectivity index (χ1v) is 18.5. The largest absolute Gasteiger partial charge is 0.477 e. The number of thioether (sulfide) groups is 4. The number of nitrogens with zero attached hydrogens (tertiary/aromatic N) is 5. The summed E-state index contributed by atoms with van der Waals surface area (Å²) in [6.45, 7) is 0.573. The SMILES string of the molecule is O=C(CC1=C(NC(=O)N2CCNC2=O)C(=NC2SCCS2)CC=C1)NC1C(=O)N2C(C(=O)O)=C(CSc3nncs3)CS[C@@H]12. The predicted molar refractivity (Wildman–Crippen MR) is 170 cm³/mol. The Morgan fingerprint density at radius 2 is 2.02 bits per heavy atom. The number of rotatable bonds is 9. The van der Waals surface area contributed by atoms with Crippen molar-refractivity contribution < 1.29 is 29.1 Å². The van der Waals surface area contributed by atoms with Gasteiger partial charge in [-0.25, -0.2) is 19.3 Å². The van der Waals surface area contributed by atoms with Crippen LogP contribution in [0.4, 0.5) is 9.59 Å². The fourth-order valence-corrected chi connectivity index (χ4v) is 10.6. The van der Waals surface area contributed by atoms with Gasteiger partial charge in [0, 0.05) is 42.5 Å². The average Bonchev–Trinajstić information content (AvgIpc) is 3.80. The van der Waals surface area contributed by atoms with Crippen LogP contribution in [0, 0.1) is 0 Å². The van der Waals surface area contributed by atoms with E-state index in [1.165, 1.54) is 39.8 Å². The average molecular weight is 695 g/mol. The van der Waals surface area contributed by atoms with Crippen molar-refractivity contribution in [1.29, 1.82) is 0 Å². The number of amides is 6. The van der Waals surface area contributed by atoms with Crippen molar-refractivity contribution in [3.63, 3.8) is 0 Å². The Balaban J connectivity index is 1.16. The second kappa shape index (κ2) is 13.6. The molecule has 6 rings (SSSR count). The molecule has 0 saturated carbocycles. The van der Waals surface area contributed by atoms with E-state index < -0.39 is 41.3 Å². The molecule has 19 heteroatoms. The van der Waals surface area contributed by atoms with Crippen molar-refractivity contribution in [2.45, 2.75) is 33.3 Å². The first kappa shape index (κ1) is 31.0. The van der Waals surface area contributed by atoms with Crippen LogP contribution in [0.25, 0.3) is 0 Å². The number of β-lactam (4-membered cyclic amide) rings is 1. The molecule has 44 heavy (non-hydrogen) atoms. The number of carboxylic acids is 1. The lowest BCUT2D eigenvalue weighted by Crippen LogP contribution is -2.70. The van der Waals surface area contributed by atoms with E-state index in [1.54, 1.807) is 35.1 Å². The van der Waals surface area contributed by atoms with E-state index in [-0.39, 0.29) is 23.4 Å². The van der Waals surface area contributed by atoms with Gasteiger partial charge in [0.25, 0.3) is 5.91 Å². The molecule has 4 N–H and O–H groups in total. The highest BCUT2D eigenvalue weighted by Gasteiger charge is 2.54. The molecule has 4 aliphatic heterocycles. The third kappa shape index (κ3) is 6.51. The molecule has 6 amide bonds. The summed E-state index contributed by atoms with van der Waals surface area (Å²) in [5, 5.41) is 25.3. The minimum Gasteiger partial charge on any atom is -0.477 e. The number of hydrogen-bond acceptors (Lipinski definition) is 13. The number of hydrogen-bond donors (Lipinski definition) is 4. The third-order valence-corrected chi connectivity index (χ3v) is 13.1. The summed E-state index contributed by atoms with van der Waals surface area (Å²) < 4.78 is 0.669. The molecule has 1 aromatic heterocycles. The van der Waals surface area contributed by atoms with Crippen LogP contribution < -0.4 is 16.0 Å². The van der Waals surface area contributed by atoms with Gasteiger partial charge < -0.3 is 21.1 Å². The smallest absolute Gasteiger partial charge is 0.352 e. The molecular weight excluding hydrogens is 669 g/mol. The minimum atomic E-state index is -1.20. The summed E-state index contributed by atoms with van der Waals surface area (Å²) in [6.07, 6.45) is 3.89. The second-order valence-electron chi connectivity index (χ2n) is 9.83. The molecule has 0 bridgehead atoms. The number of imide groups is 1. The number of urea groups is 2. The van der Waals surface area contributed by atoms with Crippen molar-refractivity contribution in [3.05, 3.63) is 40.2 Å². The maximum Gasteiger partial charge on any atom is 0.352 e. The molecule has 1 aliphatic carbocycles. The van der Waals surface area contributed by atoms with Crippen molar-refractivity contribution in [1.82, 2.24) is 35.9 Å². The Kier molecular flexibility index (Phi) is 9.55. The van der Waals surface area contributed by atoms with Gasteiger partial charge in [-0.15, -0.1) is 45.5 Å². The number of aliphatic carboxylic acids is 1. The Labute approximate surface area is 272 Å². The molecule has 0 aromatic carbocycles. The highest BCUT2D eigenvalue weighted by atomic mass is 32.2. The maximum atomic E-state index is 13.3. The Morgan fingerprint density at radius 3 is 2.73 bits per heavy atom. The zero-order valence-corrected chi connectivity index (χ0v) is 27.0. The predicted octanol–water partition coefficient (Wildman–Crippen LogP) is 1.91. The Bertz CT molecular complexity index is 1510.